The minimum atomic E-state index is -4.39. The van der Waals surface area contributed by atoms with Crippen LogP contribution in [0.1, 0.15) is 418 Å². The summed E-state index contributed by atoms with van der Waals surface area (Å²) < 4.78 is 34.8. The second-order valence-corrected chi connectivity index (χ2v) is 30.3. The molecule has 0 aliphatic heterocycles. The van der Waals surface area contributed by atoms with Crippen molar-refractivity contribution in [1.82, 2.24) is 0 Å². The quantitative estimate of drug-likeness (QED) is 0.0211. The number of ether oxygens (including phenoxy) is 2. The molecule has 0 saturated heterocycles. The van der Waals surface area contributed by atoms with Crippen LogP contribution in [0.4, 0.5) is 0 Å². The molecule has 0 saturated carbocycles. The van der Waals surface area contributed by atoms with E-state index in [1.165, 1.54) is 340 Å². The number of hydrogen-bond donors (Lipinski definition) is 1. The van der Waals surface area contributed by atoms with Crippen LogP contribution >= 0.6 is 7.82 Å². The van der Waals surface area contributed by atoms with E-state index in [4.69, 9.17) is 18.5 Å². The van der Waals surface area contributed by atoms with Crippen molar-refractivity contribution in [1.29, 1.82) is 0 Å². The van der Waals surface area contributed by atoms with Crippen molar-refractivity contribution >= 4 is 19.8 Å². The molecule has 0 amide bonds. The van der Waals surface area contributed by atoms with E-state index in [9.17, 15) is 19.0 Å². The normalized spacial score (nSPS) is 13.2. The summed E-state index contributed by atoms with van der Waals surface area (Å²) in [6, 6.07) is 0. The van der Waals surface area contributed by atoms with E-state index in [0.29, 0.717) is 23.9 Å². The van der Waals surface area contributed by atoms with Crippen LogP contribution in [0.2, 0.25) is 0 Å². The molecule has 9 nitrogen and oxygen atoms in total. The third-order valence-corrected chi connectivity index (χ3v) is 19.4. The number of carbonyl (C=O) groups excluding carboxylic acids is 2. The lowest BCUT2D eigenvalue weighted by atomic mass is 10.0. The number of nitrogens with zero attached hydrogens (tertiary/aromatic N) is 1. The van der Waals surface area contributed by atoms with Gasteiger partial charge in [0.1, 0.15) is 19.8 Å². The Labute approximate surface area is 567 Å². The number of allylic oxidation sites excluding steroid dienone is 6. The SMILES string of the molecule is CCCCCCC/C=C\C/C=C\C/C=C\CCCCCCCCCCCCCCCCCCCCCCCCCCC(=O)OC(COC(=O)CCCCCCCCCCCCCCCCCCCCCCCCCCCCCC)COP(=O)(O)OCC[N+](C)(C)C. The van der Waals surface area contributed by atoms with Gasteiger partial charge in [0, 0.05) is 12.8 Å². The summed E-state index contributed by atoms with van der Waals surface area (Å²) in [6.45, 7) is 4.51. The Morgan fingerprint density at radius 1 is 0.341 bits per heavy atom. The van der Waals surface area contributed by atoms with Crippen LogP contribution in [0.15, 0.2) is 36.5 Å². The average molecular weight is 1300 g/mol. The standard InChI is InChI=1S/C81H156NO8P/c1-6-8-10-12-14-16-18-20-22-24-26-28-30-32-34-36-37-38-39-40-41-42-43-44-45-46-48-50-52-54-56-58-60-62-64-66-68-70-72-74-81(84)90-79(78-89-91(85,86)88-76-75-82(3,4)5)77-87-80(83)73-71-69-67-65-63-61-59-57-55-53-51-49-47-35-33-31-29-27-25-23-21-19-17-15-13-11-9-7-2/h18,20,24,26,30,32,79H,6-17,19,21-23,25,27-29,31,33-78H2,1-5H3/p+1/b20-18-,26-24-,32-30-. The van der Waals surface area contributed by atoms with Crippen LogP contribution < -0.4 is 0 Å². The number of phosphoric ester groups is 1. The maximum atomic E-state index is 12.9. The number of unbranched alkanes of at least 4 members (excludes halogenated alkanes) is 56. The maximum Gasteiger partial charge on any atom is 0.472 e. The van der Waals surface area contributed by atoms with E-state index in [-0.39, 0.29) is 25.6 Å². The average Bonchev–Trinajstić information content (AvgIpc) is 3.30. The largest absolute Gasteiger partial charge is 0.472 e. The molecule has 0 fully saturated rings. The van der Waals surface area contributed by atoms with E-state index in [0.717, 1.165) is 44.9 Å². The molecule has 0 heterocycles. The number of esters is 2. The number of quaternary nitrogens is 1. The Hall–Kier alpha value is -1.77. The van der Waals surface area contributed by atoms with Gasteiger partial charge in [0.15, 0.2) is 6.10 Å². The van der Waals surface area contributed by atoms with Crippen LogP contribution in [0.25, 0.3) is 0 Å². The van der Waals surface area contributed by atoms with Gasteiger partial charge in [-0.25, -0.2) is 4.57 Å². The first-order valence-corrected chi connectivity index (χ1v) is 41.7. The van der Waals surface area contributed by atoms with Crippen molar-refractivity contribution in [3.8, 4) is 0 Å². The van der Waals surface area contributed by atoms with Gasteiger partial charge in [0.25, 0.3) is 0 Å². The first kappa shape index (κ1) is 89.2. The summed E-state index contributed by atoms with van der Waals surface area (Å²) in [6.07, 6.45) is 94.4. The molecule has 0 aliphatic carbocycles. The van der Waals surface area contributed by atoms with Gasteiger partial charge in [-0.1, -0.05) is 391 Å². The lowest BCUT2D eigenvalue weighted by Crippen LogP contribution is -2.37. The second kappa shape index (κ2) is 72.5. The van der Waals surface area contributed by atoms with Gasteiger partial charge < -0.3 is 18.9 Å². The number of likely N-dealkylation sites (N-methyl/N-ethyl adjacent to an activating group) is 1. The summed E-state index contributed by atoms with van der Waals surface area (Å²) in [4.78, 5) is 36.0. The molecule has 0 radical (unpaired) electrons. The molecule has 0 spiro atoms. The first-order valence-electron chi connectivity index (χ1n) is 40.2. The van der Waals surface area contributed by atoms with Crippen LogP contribution in [-0.2, 0) is 32.7 Å². The van der Waals surface area contributed by atoms with Gasteiger partial charge >= 0.3 is 19.8 Å². The molecule has 0 aromatic carbocycles. The van der Waals surface area contributed by atoms with Crippen molar-refractivity contribution in [2.45, 2.75) is 424 Å². The molecule has 2 unspecified atom stereocenters. The highest BCUT2D eigenvalue weighted by atomic mass is 31.2. The molecule has 0 rings (SSSR count). The fraction of sp³-hybridized carbons (Fsp3) is 0.901. The zero-order valence-electron chi connectivity index (χ0n) is 61.6. The van der Waals surface area contributed by atoms with Crippen LogP contribution in [0, 0.1) is 0 Å². The molecule has 538 valence electrons. The zero-order valence-corrected chi connectivity index (χ0v) is 62.5. The van der Waals surface area contributed by atoms with Crippen LogP contribution in [0.5, 0.6) is 0 Å². The Morgan fingerprint density at radius 3 is 0.879 bits per heavy atom. The summed E-state index contributed by atoms with van der Waals surface area (Å²) in [7, 11) is 1.50. The monoisotopic (exact) mass is 1300 g/mol. The fourth-order valence-corrected chi connectivity index (χ4v) is 13.0. The van der Waals surface area contributed by atoms with E-state index in [1.807, 2.05) is 21.1 Å². The minimum Gasteiger partial charge on any atom is -0.462 e. The van der Waals surface area contributed by atoms with Gasteiger partial charge in [-0.2, -0.15) is 0 Å². The second-order valence-electron chi connectivity index (χ2n) is 28.8. The molecule has 1 N–H and O–H groups in total. The van der Waals surface area contributed by atoms with Crippen LogP contribution in [0.3, 0.4) is 0 Å². The Kier molecular flexibility index (Phi) is 71.1. The third-order valence-electron chi connectivity index (χ3n) is 18.4. The van der Waals surface area contributed by atoms with E-state index >= 15 is 0 Å². The lowest BCUT2D eigenvalue weighted by Gasteiger charge is -2.24. The fourth-order valence-electron chi connectivity index (χ4n) is 12.3. The summed E-state index contributed by atoms with van der Waals surface area (Å²) in [5, 5.41) is 0. The molecule has 0 aromatic heterocycles. The number of carbonyl (C=O) groups is 2. The molecule has 10 heteroatoms. The minimum absolute atomic E-state index is 0.0358. The van der Waals surface area contributed by atoms with E-state index in [1.54, 1.807) is 0 Å². The molecule has 0 aromatic rings. The highest BCUT2D eigenvalue weighted by molar-refractivity contribution is 7.47. The van der Waals surface area contributed by atoms with Gasteiger partial charge in [-0.3, -0.25) is 18.6 Å². The summed E-state index contributed by atoms with van der Waals surface area (Å²) in [5.74, 6) is -0.769. The molecular formula is C81H157NO8P+. The predicted molar refractivity (Wildman–Crippen MR) is 395 cm³/mol. The number of phosphoric acid groups is 1. The first-order chi connectivity index (χ1) is 44.5. The van der Waals surface area contributed by atoms with Gasteiger partial charge in [0.2, 0.25) is 0 Å². The molecule has 0 aliphatic rings. The van der Waals surface area contributed by atoms with Crippen molar-refractivity contribution < 1.29 is 42.1 Å². The predicted octanol–water partition coefficient (Wildman–Crippen LogP) is 26.6. The van der Waals surface area contributed by atoms with E-state index < -0.39 is 26.5 Å². The van der Waals surface area contributed by atoms with E-state index in [2.05, 4.69) is 50.3 Å². The van der Waals surface area contributed by atoms with Crippen molar-refractivity contribution in [2.75, 3.05) is 47.5 Å². The molecule has 0 bridgehead atoms. The van der Waals surface area contributed by atoms with Gasteiger partial charge in [-0.05, 0) is 51.4 Å². The topological polar surface area (TPSA) is 108 Å². The van der Waals surface area contributed by atoms with Crippen molar-refractivity contribution in [3.05, 3.63) is 36.5 Å². The third kappa shape index (κ3) is 77.1. The Bertz CT molecular complexity index is 1630. The van der Waals surface area contributed by atoms with Gasteiger partial charge in [0.05, 0.1) is 27.7 Å². The van der Waals surface area contributed by atoms with Gasteiger partial charge in [-0.15, -0.1) is 0 Å². The molecular weight excluding hydrogens is 1150 g/mol. The highest BCUT2D eigenvalue weighted by Gasteiger charge is 2.27. The number of hydrogen-bond acceptors (Lipinski definition) is 7. The smallest absolute Gasteiger partial charge is 0.462 e. The molecule has 2 atom stereocenters. The Balaban J connectivity index is 3.89. The van der Waals surface area contributed by atoms with Crippen LogP contribution in [-0.4, -0.2) is 74.9 Å². The lowest BCUT2D eigenvalue weighted by molar-refractivity contribution is -0.870. The maximum absolute atomic E-state index is 12.9. The zero-order chi connectivity index (χ0) is 66.2. The number of rotatable bonds is 76. The van der Waals surface area contributed by atoms with Crippen molar-refractivity contribution in [3.63, 3.8) is 0 Å². The summed E-state index contributed by atoms with van der Waals surface area (Å²) in [5.41, 5.74) is 0. The summed E-state index contributed by atoms with van der Waals surface area (Å²) >= 11 is 0. The molecule has 91 heavy (non-hydrogen) atoms. The Morgan fingerprint density at radius 2 is 0.593 bits per heavy atom. The van der Waals surface area contributed by atoms with Crippen molar-refractivity contribution in [2.24, 2.45) is 0 Å². The highest BCUT2D eigenvalue weighted by Crippen LogP contribution is 2.43.